The normalized spacial score (nSPS) is 11.6. The Morgan fingerprint density at radius 3 is 2.84 bits per heavy atom. The van der Waals surface area contributed by atoms with Gasteiger partial charge >= 0.3 is 0 Å². The van der Waals surface area contributed by atoms with Crippen LogP contribution in [0.4, 0.5) is 0 Å². The van der Waals surface area contributed by atoms with Gasteiger partial charge in [0.1, 0.15) is 0 Å². The van der Waals surface area contributed by atoms with E-state index in [1.54, 1.807) is 31.5 Å². The van der Waals surface area contributed by atoms with Crippen LogP contribution in [0.2, 0.25) is 0 Å². The summed E-state index contributed by atoms with van der Waals surface area (Å²) in [6.45, 7) is 6.20. The van der Waals surface area contributed by atoms with E-state index in [1.807, 2.05) is 12.1 Å². The Morgan fingerprint density at radius 1 is 1.32 bits per heavy atom. The van der Waals surface area contributed by atoms with Crippen molar-refractivity contribution < 1.29 is 9.53 Å². The molecule has 0 aliphatic heterocycles. The molecule has 0 bridgehead atoms. The number of ether oxygens (including phenoxy) is 1. The second-order valence-corrected chi connectivity index (χ2v) is 6.61. The molecular formula is C18H23N5O2. The minimum Gasteiger partial charge on any atom is -0.383 e. The maximum Gasteiger partial charge on any atom is 0.253 e. The number of carbonyl (C=O) groups is 1. The van der Waals surface area contributed by atoms with Crippen molar-refractivity contribution in [1.82, 2.24) is 24.6 Å². The number of likely N-dealkylation sites (N-methyl/N-ethyl adjacent to an activating group) is 1. The smallest absolute Gasteiger partial charge is 0.253 e. The summed E-state index contributed by atoms with van der Waals surface area (Å²) in [5.41, 5.74) is 2.91. The quantitative estimate of drug-likeness (QED) is 0.688. The summed E-state index contributed by atoms with van der Waals surface area (Å²) in [5.74, 6) is 0.435. The second-order valence-electron chi connectivity index (χ2n) is 6.61. The van der Waals surface area contributed by atoms with Gasteiger partial charge in [-0.1, -0.05) is 13.8 Å². The average Bonchev–Trinajstić information content (AvgIpc) is 3.01. The minimum absolute atomic E-state index is 0.0427. The van der Waals surface area contributed by atoms with E-state index in [9.17, 15) is 4.79 Å². The van der Waals surface area contributed by atoms with Gasteiger partial charge in [0, 0.05) is 38.2 Å². The van der Waals surface area contributed by atoms with Crippen LogP contribution in [0, 0.1) is 5.92 Å². The van der Waals surface area contributed by atoms with Crippen LogP contribution in [0.5, 0.6) is 0 Å². The van der Waals surface area contributed by atoms with Gasteiger partial charge in [-0.3, -0.25) is 4.79 Å². The Hall–Kier alpha value is -2.54. The number of methoxy groups -OCH3 is 1. The molecule has 1 amide bonds. The van der Waals surface area contributed by atoms with Gasteiger partial charge in [0.2, 0.25) is 5.65 Å². The highest BCUT2D eigenvalue weighted by molar-refractivity contribution is 6.05. The molecule has 0 spiro atoms. The molecule has 0 aliphatic rings. The topological polar surface area (TPSA) is 73.1 Å². The lowest BCUT2D eigenvalue weighted by Gasteiger charge is -2.17. The van der Waals surface area contributed by atoms with Gasteiger partial charge in [-0.25, -0.2) is 4.98 Å². The summed E-state index contributed by atoms with van der Waals surface area (Å²) >= 11 is 0. The maximum atomic E-state index is 12.6. The SMILES string of the molecule is COCCN(C)C(=O)c1ccc2nnc3ncn(CC(C)C)c3c2c1. The molecule has 7 nitrogen and oxygen atoms in total. The van der Waals surface area contributed by atoms with E-state index in [0.717, 1.165) is 23.0 Å². The first-order chi connectivity index (χ1) is 12.0. The first-order valence-electron chi connectivity index (χ1n) is 8.37. The van der Waals surface area contributed by atoms with E-state index in [0.29, 0.717) is 30.3 Å². The third-order valence-corrected chi connectivity index (χ3v) is 4.11. The zero-order valence-corrected chi connectivity index (χ0v) is 15.1. The van der Waals surface area contributed by atoms with Gasteiger partial charge in [0.25, 0.3) is 5.91 Å². The molecule has 25 heavy (non-hydrogen) atoms. The fraction of sp³-hybridized carbons (Fsp3) is 0.444. The second kappa shape index (κ2) is 7.14. The summed E-state index contributed by atoms with van der Waals surface area (Å²) in [7, 11) is 3.40. The third kappa shape index (κ3) is 3.46. The molecule has 0 unspecified atom stereocenters. The van der Waals surface area contributed by atoms with Crippen molar-refractivity contribution in [2.75, 3.05) is 27.3 Å². The number of imidazole rings is 1. The van der Waals surface area contributed by atoms with Crippen molar-refractivity contribution in [3.63, 3.8) is 0 Å². The lowest BCUT2D eigenvalue weighted by Crippen LogP contribution is -2.29. The highest BCUT2D eigenvalue weighted by atomic mass is 16.5. The maximum absolute atomic E-state index is 12.6. The summed E-state index contributed by atoms with van der Waals surface area (Å²) < 4.78 is 7.13. The van der Waals surface area contributed by atoms with Crippen LogP contribution in [-0.2, 0) is 11.3 Å². The van der Waals surface area contributed by atoms with Crippen LogP contribution in [0.1, 0.15) is 24.2 Å². The number of benzene rings is 1. The van der Waals surface area contributed by atoms with Crippen LogP contribution in [0.25, 0.3) is 22.1 Å². The Kier molecular flexibility index (Phi) is 4.94. The molecule has 2 aromatic heterocycles. The number of hydrogen-bond donors (Lipinski definition) is 0. The molecule has 7 heteroatoms. The van der Waals surface area contributed by atoms with Gasteiger partial charge in [0.15, 0.2) is 0 Å². The number of carbonyl (C=O) groups excluding carboxylic acids is 1. The fourth-order valence-corrected chi connectivity index (χ4v) is 2.85. The lowest BCUT2D eigenvalue weighted by molar-refractivity contribution is 0.0744. The molecular weight excluding hydrogens is 318 g/mol. The predicted octanol–water partition coefficient (Wildman–Crippen LogP) is 2.35. The molecule has 3 rings (SSSR count). The molecule has 132 valence electrons. The van der Waals surface area contributed by atoms with Gasteiger partial charge in [-0.15, -0.1) is 10.2 Å². The number of hydrogen-bond acceptors (Lipinski definition) is 5. The van der Waals surface area contributed by atoms with Gasteiger partial charge in [-0.05, 0) is 24.1 Å². The number of fused-ring (bicyclic) bond motifs is 3. The van der Waals surface area contributed by atoms with Crippen LogP contribution < -0.4 is 0 Å². The highest BCUT2D eigenvalue weighted by Crippen LogP contribution is 2.24. The largest absolute Gasteiger partial charge is 0.383 e. The van der Waals surface area contributed by atoms with Crippen molar-refractivity contribution in [2.24, 2.45) is 5.92 Å². The summed E-state index contributed by atoms with van der Waals surface area (Å²) in [6, 6.07) is 5.51. The zero-order valence-electron chi connectivity index (χ0n) is 15.1. The van der Waals surface area contributed by atoms with Crippen molar-refractivity contribution >= 4 is 28.0 Å². The fourth-order valence-electron chi connectivity index (χ4n) is 2.85. The van der Waals surface area contributed by atoms with Crippen molar-refractivity contribution in [3.8, 4) is 0 Å². The van der Waals surface area contributed by atoms with E-state index < -0.39 is 0 Å². The van der Waals surface area contributed by atoms with Gasteiger partial charge in [-0.2, -0.15) is 0 Å². The molecule has 2 heterocycles. The van der Waals surface area contributed by atoms with E-state index in [4.69, 9.17) is 4.74 Å². The molecule has 0 atom stereocenters. The molecule has 3 aromatic rings. The first-order valence-corrected chi connectivity index (χ1v) is 8.37. The Bertz CT molecular complexity index is 903. The molecule has 0 aliphatic carbocycles. The number of nitrogens with zero attached hydrogens (tertiary/aromatic N) is 5. The molecule has 0 fully saturated rings. The predicted molar refractivity (Wildman–Crippen MR) is 96.5 cm³/mol. The Morgan fingerprint density at radius 2 is 2.12 bits per heavy atom. The minimum atomic E-state index is -0.0427. The zero-order chi connectivity index (χ0) is 18.0. The highest BCUT2D eigenvalue weighted by Gasteiger charge is 2.16. The van der Waals surface area contributed by atoms with Crippen molar-refractivity contribution in [2.45, 2.75) is 20.4 Å². The van der Waals surface area contributed by atoms with Crippen molar-refractivity contribution in [3.05, 3.63) is 30.1 Å². The van der Waals surface area contributed by atoms with Crippen LogP contribution in [0.15, 0.2) is 24.5 Å². The number of aromatic nitrogens is 4. The van der Waals surface area contributed by atoms with E-state index in [1.165, 1.54) is 0 Å². The molecule has 0 radical (unpaired) electrons. The first kappa shape index (κ1) is 17.3. The summed E-state index contributed by atoms with van der Waals surface area (Å²) in [4.78, 5) is 18.6. The van der Waals surface area contributed by atoms with Crippen LogP contribution >= 0.6 is 0 Å². The van der Waals surface area contributed by atoms with Crippen LogP contribution in [0.3, 0.4) is 0 Å². The average molecular weight is 341 g/mol. The molecule has 0 N–H and O–H groups in total. The van der Waals surface area contributed by atoms with Crippen LogP contribution in [-0.4, -0.2) is 57.9 Å². The van der Waals surface area contributed by atoms with E-state index in [-0.39, 0.29) is 5.91 Å². The monoisotopic (exact) mass is 341 g/mol. The van der Waals surface area contributed by atoms with E-state index >= 15 is 0 Å². The number of amides is 1. The van der Waals surface area contributed by atoms with Gasteiger partial charge in [0.05, 0.1) is 24.0 Å². The standard InChI is InChI=1S/C18H23N5O2/c1-12(2)10-23-11-19-17-16(23)14-9-13(5-6-15(14)20-21-17)18(24)22(3)7-8-25-4/h5-6,9,11-12H,7-8,10H2,1-4H3. The summed E-state index contributed by atoms with van der Waals surface area (Å²) in [6.07, 6.45) is 1.79. The summed E-state index contributed by atoms with van der Waals surface area (Å²) in [5, 5.41) is 9.32. The molecule has 0 saturated carbocycles. The Balaban J connectivity index is 2.07. The lowest BCUT2D eigenvalue weighted by atomic mass is 10.1. The molecule has 0 saturated heterocycles. The third-order valence-electron chi connectivity index (χ3n) is 4.11. The number of rotatable bonds is 6. The molecule has 1 aromatic carbocycles. The van der Waals surface area contributed by atoms with Gasteiger partial charge < -0.3 is 14.2 Å². The van der Waals surface area contributed by atoms with Crippen molar-refractivity contribution in [1.29, 1.82) is 0 Å². The Labute approximate surface area is 146 Å². The van der Waals surface area contributed by atoms with E-state index in [2.05, 4.69) is 33.6 Å².